The second-order valence-corrected chi connectivity index (χ2v) is 3.89. The van der Waals surface area contributed by atoms with Gasteiger partial charge in [0, 0.05) is 24.1 Å². The molecule has 0 aliphatic carbocycles. The molecule has 0 unspecified atom stereocenters. The first-order valence-corrected chi connectivity index (χ1v) is 5.92. The summed E-state index contributed by atoms with van der Waals surface area (Å²) in [7, 11) is 0. The van der Waals surface area contributed by atoms with Crippen LogP contribution in [0.25, 0.3) is 0 Å². The van der Waals surface area contributed by atoms with Gasteiger partial charge >= 0.3 is 0 Å². The average molecular weight is 245 g/mol. The lowest BCUT2D eigenvalue weighted by atomic mass is 10.1. The van der Waals surface area contributed by atoms with E-state index in [0.717, 1.165) is 19.3 Å². The predicted octanol–water partition coefficient (Wildman–Crippen LogP) is 3.36. The first-order valence-electron chi connectivity index (χ1n) is 5.92. The SMILES string of the molecule is CCCCCC#CC(=O)c1ccc([N+](=O)[O-])cc1. The molecule has 0 aliphatic heterocycles. The highest BCUT2D eigenvalue weighted by molar-refractivity contribution is 6.09. The lowest BCUT2D eigenvalue weighted by Crippen LogP contribution is -1.95. The molecule has 1 rings (SSSR count). The molecule has 0 amide bonds. The molecule has 18 heavy (non-hydrogen) atoms. The third-order valence-electron chi connectivity index (χ3n) is 2.45. The van der Waals surface area contributed by atoms with Crippen molar-refractivity contribution in [2.45, 2.75) is 32.6 Å². The van der Waals surface area contributed by atoms with E-state index in [1.54, 1.807) is 0 Å². The van der Waals surface area contributed by atoms with Crippen LogP contribution in [0.5, 0.6) is 0 Å². The van der Waals surface area contributed by atoms with Crippen LogP contribution in [0, 0.1) is 22.0 Å². The molecule has 4 heteroatoms. The lowest BCUT2D eigenvalue weighted by molar-refractivity contribution is -0.384. The monoisotopic (exact) mass is 245 g/mol. The van der Waals surface area contributed by atoms with Crippen LogP contribution < -0.4 is 0 Å². The molecule has 94 valence electrons. The zero-order valence-electron chi connectivity index (χ0n) is 10.3. The molecule has 0 saturated heterocycles. The van der Waals surface area contributed by atoms with Crippen molar-refractivity contribution < 1.29 is 9.72 Å². The zero-order chi connectivity index (χ0) is 13.4. The number of rotatable bonds is 5. The quantitative estimate of drug-likeness (QED) is 0.199. The number of carbonyl (C=O) groups excluding carboxylic acids is 1. The van der Waals surface area contributed by atoms with Crippen LogP contribution in [0.4, 0.5) is 5.69 Å². The number of hydrogen-bond donors (Lipinski definition) is 0. The highest BCUT2D eigenvalue weighted by Gasteiger charge is 2.07. The summed E-state index contributed by atoms with van der Waals surface area (Å²) in [6, 6.07) is 5.49. The highest BCUT2D eigenvalue weighted by Crippen LogP contribution is 2.12. The lowest BCUT2D eigenvalue weighted by Gasteiger charge is -1.94. The second-order valence-electron chi connectivity index (χ2n) is 3.89. The second kappa shape index (κ2) is 7.23. The molecule has 0 spiro atoms. The van der Waals surface area contributed by atoms with Gasteiger partial charge in [0.25, 0.3) is 5.69 Å². The van der Waals surface area contributed by atoms with Gasteiger partial charge in [0.05, 0.1) is 4.92 Å². The van der Waals surface area contributed by atoms with E-state index in [2.05, 4.69) is 18.8 Å². The van der Waals surface area contributed by atoms with Gasteiger partial charge in [-0.3, -0.25) is 14.9 Å². The number of ketones is 1. The largest absolute Gasteiger partial charge is 0.279 e. The Bertz CT molecular complexity index is 480. The number of nitrogens with zero attached hydrogens (tertiary/aromatic N) is 1. The van der Waals surface area contributed by atoms with E-state index in [9.17, 15) is 14.9 Å². The van der Waals surface area contributed by atoms with E-state index in [-0.39, 0.29) is 11.5 Å². The topological polar surface area (TPSA) is 60.2 Å². The number of unbranched alkanes of at least 4 members (excludes halogenated alkanes) is 3. The molecule has 0 saturated carbocycles. The number of hydrogen-bond acceptors (Lipinski definition) is 3. The molecule has 0 radical (unpaired) electrons. The molecule has 1 aromatic carbocycles. The molecule has 0 N–H and O–H groups in total. The van der Waals surface area contributed by atoms with Crippen LogP contribution >= 0.6 is 0 Å². The minimum Gasteiger partial charge on any atom is -0.279 e. The number of nitro benzene ring substituents is 1. The van der Waals surface area contributed by atoms with E-state index >= 15 is 0 Å². The van der Waals surface area contributed by atoms with E-state index in [0.29, 0.717) is 12.0 Å². The van der Waals surface area contributed by atoms with Crippen LogP contribution in [0.15, 0.2) is 24.3 Å². The molecule has 0 aliphatic rings. The van der Waals surface area contributed by atoms with Crippen molar-refractivity contribution >= 4 is 11.5 Å². The van der Waals surface area contributed by atoms with Gasteiger partial charge in [-0.05, 0) is 24.5 Å². The normalized spacial score (nSPS) is 9.39. The van der Waals surface area contributed by atoms with Crippen molar-refractivity contribution in [2.75, 3.05) is 0 Å². The number of non-ortho nitro benzene ring substituents is 1. The van der Waals surface area contributed by atoms with Gasteiger partial charge in [-0.2, -0.15) is 0 Å². The number of benzene rings is 1. The number of carbonyl (C=O) groups is 1. The van der Waals surface area contributed by atoms with Gasteiger partial charge in [0.1, 0.15) is 0 Å². The van der Waals surface area contributed by atoms with Crippen LogP contribution in [-0.2, 0) is 0 Å². The molecule has 1 aromatic rings. The van der Waals surface area contributed by atoms with Crippen molar-refractivity contribution in [2.24, 2.45) is 0 Å². The number of nitro groups is 1. The first-order chi connectivity index (χ1) is 8.65. The van der Waals surface area contributed by atoms with Crippen LogP contribution in [0.3, 0.4) is 0 Å². The summed E-state index contributed by atoms with van der Waals surface area (Å²) in [6.45, 7) is 2.11. The Morgan fingerprint density at radius 1 is 1.28 bits per heavy atom. The van der Waals surface area contributed by atoms with Crippen LogP contribution in [0.1, 0.15) is 43.0 Å². The highest BCUT2D eigenvalue weighted by atomic mass is 16.6. The molecule has 0 heterocycles. The van der Waals surface area contributed by atoms with Crippen molar-refractivity contribution in [3.8, 4) is 11.8 Å². The maximum absolute atomic E-state index is 11.6. The van der Waals surface area contributed by atoms with Gasteiger partial charge in [0.15, 0.2) is 0 Å². The van der Waals surface area contributed by atoms with Gasteiger partial charge in [0.2, 0.25) is 5.78 Å². The van der Waals surface area contributed by atoms with Gasteiger partial charge in [-0.25, -0.2) is 0 Å². The molecular weight excluding hydrogens is 230 g/mol. The summed E-state index contributed by atoms with van der Waals surface area (Å²) >= 11 is 0. The Kier molecular flexibility index (Phi) is 5.59. The van der Waals surface area contributed by atoms with Crippen LogP contribution in [0.2, 0.25) is 0 Å². The number of Topliss-reactive ketones (excluding diaryl/α,β-unsaturated/α-hetero) is 1. The van der Waals surface area contributed by atoms with E-state index in [4.69, 9.17) is 0 Å². The fourth-order valence-corrected chi connectivity index (χ4v) is 1.41. The Morgan fingerprint density at radius 2 is 1.94 bits per heavy atom. The molecular formula is C14H15NO3. The summed E-state index contributed by atoms with van der Waals surface area (Å²) in [5.41, 5.74) is 0.367. The van der Waals surface area contributed by atoms with Gasteiger partial charge < -0.3 is 0 Å². The minimum absolute atomic E-state index is 0.0255. The molecule has 0 aromatic heterocycles. The van der Waals surface area contributed by atoms with Crippen molar-refractivity contribution in [1.29, 1.82) is 0 Å². The first kappa shape index (κ1) is 13.9. The smallest absolute Gasteiger partial charge is 0.269 e. The zero-order valence-corrected chi connectivity index (χ0v) is 10.3. The van der Waals surface area contributed by atoms with Crippen molar-refractivity contribution in [3.63, 3.8) is 0 Å². The Morgan fingerprint density at radius 3 is 2.50 bits per heavy atom. The Balaban J connectivity index is 2.59. The minimum atomic E-state index is -0.495. The van der Waals surface area contributed by atoms with Crippen LogP contribution in [-0.4, -0.2) is 10.7 Å². The molecule has 4 nitrogen and oxygen atoms in total. The van der Waals surface area contributed by atoms with Crippen molar-refractivity contribution in [1.82, 2.24) is 0 Å². The third-order valence-corrected chi connectivity index (χ3v) is 2.45. The molecule has 0 bridgehead atoms. The molecule has 0 fully saturated rings. The van der Waals surface area contributed by atoms with Crippen molar-refractivity contribution in [3.05, 3.63) is 39.9 Å². The van der Waals surface area contributed by atoms with E-state index in [1.165, 1.54) is 24.3 Å². The summed E-state index contributed by atoms with van der Waals surface area (Å²) in [5.74, 6) is 5.08. The summed E-state index contributed by atoms with van der Waals surface area (Å²) in [6.07, 6.45) is 3.95. The standard InChI is InChI=1S/C14H15NO3/c1-2-3-4-5-6-7-14(16)12-8-10-13(11-9-12)15(17)18/h8-11H,2-5H2,1H3. The average Bonchev–Trinajstić information content (AvgIpc) is 2.38. The Labute approximate surface area is 106 Å². The summed E-state index contributed by atoms with van der Waals surface area (Å²) in [4.78, 5) is 21.6. The molecule has 0 atom stereocenters. The summed E-state index contributed by atoms with van der Waals surface area (Å²) in [5, 5.41) is 10.4. The Hall–Kier alpha value is -2.15. The van der Waals surface area contributed by atoms with E-state index in [1.807, 2.05) is 0 Å². The van der Waals surface area contributed by atoms with Gasteiger partial charge in [-0.1, -0.05) is 25.7 Å². The summed E-state index contributed by atoms with van der Waals surface area (Å²) < 4.78 is 0. The maximum Gasteiger partial charge on any atom is 0.269 e. The third kappa shape index (κ3) is 4.38. The van der Waals surface area contributed by atoms with Gasteiger partial charge in [-0.15, -0.1) is 0 Å². The fourth-order valence-electron chi connectivity index (χ4n) is 1.41. The predicted molar refractivity (Wildman–Crippen MR) is 69.3 cm³/mol. The van der Waals surface area contributed by atoms with E-state index < -0.39 is 4.92 Å². The maximum atomic E-state index is 11.6. The fraction of sp³-hybridized carbons (Fsp3) is 0.357.